The van der Waals surface area contributed by atoms with Gasteiger partial charge in [0, 0.05) is 13.0 Å². The summed E-state index contributed by atoms with van der Waals surface area (Å²) in [7, 11) is 0. The second kappa shape index (κ2) is 5.25. The van der Waals surface area contributed by atoms with Gasteiger partial charge in [0.05, 0.1) is 11.5 Å². The zero-order chi connectivity index (χ0) is 14.9. The predicted octanol–water partition coefficient (Wildman–Crippen LogP) is 1.01. The maximum Gasteiger partial charge on any atom is 0.326 e. The summed E-state index contributed by atoms with van der Waals surface area (Å²) in [5.74, 6) is -1.34. The lowest BCUT2D eigenvalue weighted by Gasteiger charge is -2.31. The van der Waals surface area contributed by atoms with Crippen LogP contribution in [-0.4, -0.2) is 45.7 Å². The molecule has 1 aliphatic heterocycles. The molecular formula is C15H19NO4. The van der Waals surface area contributed by atoms with E-state index in [0.29, 0.717) is 0 Å². The summed E-state index contributed by atoms with van der Waals surface area (Å²) in [6, 6.07) is 8.31. The monoisotopic (exact) mass is 277 g/mol. The molecule has 0 saturated carbocycles. The van der Waals surface area contributed by atoms with Gasteiger partial charge in [0.2, 0.25) is 5.91 Å². The lowest BCUT2D eigenvalue weighted by atomic mass is 9.83. The van der Waals surface area contributed by atoms with Crippen molar-refractivity contribution >= 4 is 11.9 Å². The third kappa shape index (κ3) is 2.54. The average Bonchev–Trinajstić information content (AvgIpc) is 2.81. The summed E-state index contributed by atoms with van der Waals surface area (Å²) in [5, 5.41) is 18.8. The van der Waals surface area contributed by atoms with Crippen LogP contribution in [0.15, 0.2) is 30.3 Å². The molecule has 0 aliphatic carbocycles. The maximum absolute atomic E-state index is 12.7. The minimum absolute atomic E-state index is 0.0755. The molecule has 20 heavy (non-hydrogen) atoms. The molecule has 0 bridgehead atoms. The first kappa shape index (κ1) is 14.5. The number of hydrogen-bond acceptors (Lipinski definition) is 3. The Morgan fingerprint density at radius 1 is 1.25 bits per heavy atom. The van der Waals surface area contributed by atoms with Crippen molar-refractivity contribution in [3.8, 4) is 0 Å². The Labute approximate surface area is 117 Å². The SMILES string of the molecule is CC(C)(C(=O)N1CC(O)C[C@H]1C(=O)O)c1ccccc1. The number of benzene rings is 1. The molecular weight excluding hydrogens is 258 g/mol. The summed E-state index contributed by atoms with van der Waals surface area (Å²) in [6.45, 7) is 3.62. The fourth-order valence-corrected chi connectivity index (χ4v) is 2.61. The van der Waals surface area contributed by atoms with Crippen molar-refractivity contribution in [3.63, 3.8) is 0 Å². The van der Waals surface area contributed by atoms with Gasteiger partial charge in [-0.25, -0.2) is 4.79 Å². The molecule has 1 saturated heterocycles. The molecule has 1 aromatic carbocycles. The predicted molar refractivity (Wildman–Crippen MR) is 73.2 cm³/mol. The number of aliphatic hydroxyl groups is 1. The first-order chi connectivity index (χ1) is 9.34. The highest BCUT2D eigenvalue weighted by Crippen LogP contribution is 2.29. The molecule has 2 rings (SSSR count). The van der Waals surface area contributed by atoms with Gasteiger partial charge in [-0.1, -0.05) is 30.3 Å². The van der Waals surface area contributed by atoms with Gasteiger partial charge in [-0.3, -0.25) is 4.79 Å². The van der Waals surface area contributed by atoms with Crippen LogP contribution in [0.3, 0.4) is 0 Å². The van der Waals surface area contributed by atoms with Crippen LogP contribution in [0.2, 0.25) is 0 Å². The highest BCUT2D eigenvalue weighted by molar-refractivity contribution is 5.91. The lowest BCUT2D eigenvalue weighted by Crippen LogP contribution is -2.48. The Bertz CT molecular complexity index is 512. The zero-order valence-electron chi connectivity index (χ0n) is 11.6. The Kier molecular flexibility index (Phi) is 3.81. The van der Waals surface area contributed by atoms with Gasteiger partial charge in [-0.2, -0.15) is 0 Å². The molecule has 1 amide bonds. The van der Waals surface area contributed by atoms with Crippen LogP contribution in [-0.2, 0) is 15.0 Å². The quantitative estimate of drug-likeness (QED) is 0.864. The molecule has 5 nitrogen and oxygen atoms in total. The summed E-state index contributed by atoms with van der Waals surface area (Å²) in [4.78, 5) is 25.2. The van der Waals surface area contributed by atoms with E-state index in [0.717, 1.165) is 5.56 Å². The molecule has 1 fully saturated rings. The normalized spacial score (nSPS) is 22.9. The van der Waals surface area contributed by atoms with Gasteiger partial charge in [-0.05, 0) is 19.4 Å². The van der Waals surface area contributed by atoms with Crippen LogP contribution in [0.25, 0.3) is 0 Å². The van der Waals surface area contributed by atoms with Gasteiger partial charge < -0.3 is 15.1 Å². The second-order valence-corrected chi connectivity index (χ2v) is 5.69. The molecule has 2 N–H and O–H groups in total. The number of amides is 1. The number of rotatable bonds is 3. The highest BCUT2D eigenvalue weighted by Gasteiger charge is 2.44. The van der Waals surface area contributed by atoms with E-state index in [1.165, 1.54) is 4.90 Å². The number of aliphatic carboxylic acids is 1. The van der Waals surface area contributed by atoms with Crippen LogP contribution in [0, 0.1) is 0 Å². The van der Waals surface area contributed by atoms with E-state index in [4.69, 9.17) is 0 Å². The molecule has 0 spiro atoms. The average molecular weight is 277 g/mol. The van der Waals surface area contributed by atoms with Crippen molar-refractivity contribution in [2.45, 2.75) is 37.8 Å². The van der Waals surface area contributed by atoms with Crippen LogP contribution in [0.4, 0.5) is 0 Å². The summed E-state index contributed by atoms with van der Waals surface area (Å²) < 4.78 is 0. The number of β-amino-alcohol motifs (C(OH)–C–C–N with tert-alkyl or cyclic N) is 1. The molecule has 1 aromatic rings. The third-order valence-electron chi connectivity index (χ3n) is 3.86. The summed E-state index contributed by atoms with van der Waals surface area (Å²) in [5.41, 5.74) is 0.00878. The van der Waals surface area contributed by atoms with Crippen molar-refractivity contribution in [1.82, 2.24) is 4.90 Å². The highest BCUT2D eigenvalue weighted by atomic mass is 16.4. The largest absolute Gasteiger partial charge is 0.480 e. The maximum atomic E-state index is 12.7. The molecule has 108 valence electrons. The summed E-state index contributed by atoms with van der Waals surface area (Å²) in [6.07, 6.45) is -0.682. The number of likely N-dealkylation sites (tertiary alicyclic amines) is 1. The lowest BCUT2D eigenvalue weighted by molar-refractivity contribution is -0.150. The summed E-state index contributed by atoms with van der Waals surface area (Å²) >= 11 is 0. The molecule has 5 heteroatoms. The van der Waals surface area contributed by atoms with Crippen molar-refractivity contribution in [3.05, 3.63) is 35.9 Å². The molecule has 2 atom stereocenters. The fraction of sp³-hybridized carbons (Fsp3) is 0.467. The van der Waals surface area contributed by atoms with Gasteiger partial charge in [-0.15, -0.1) is 0 Å². The van der Waals surface area contributed by atoms with E-state index >= 15 is 0 Å². The minimum Gasteiger partial charge on any atom is -0.480 e. The van der Waals surface area contributed by atoms with Gasteiger partial charge >= 0.3 is 5.97 Å². The fourth-order valence-electron chi connectivity index (χ4n) is 2.61. The van der Waals surface area contributed by atoms with Crippen molar-refractivity contribution in [1.29, 1.82) is 0 Å². The van der Waals surface area contributed by atoms with Gasteiger partial charge in [0.15, 0.2) is 0 Å². The number of nitrogens with zero attached hydrogens (tertiary/aromatic N) is 1. The van der Waals surface area contributed by atoms with Crippen LogP contribution < -0.4 is 0 Å². The van der Waals surface area contributed by atoms with E-state index in [9.17, 15) is 19.8 Å². The minimum atomic E-state index is -1.07. The molecule has 1 unspecified atom stereocenters. The van der Waals surface area contributed by atoms with E-state index in [-0.39, 0.29) is 18.9 Å². The molecule has 1 aliphatic rings. The number of hydrogen-bond donors (Lipinski definition) is 2. The van der Waals surface area contributed by atoms with Crippen LogP contribution in [0.5, 0.6) is 0 Å². The van der Waals surface area contributed by atoms with Crippen molar-refractivity contribution < 1.29 is 19.8 Å². The number of carbonyl (C=O) groups is 2. The Balaban J connectivity index is 2.28. The van der Waals surface area contributed by atoms with Crippen molar-refractivity contribution in [2.24, 2.45) is 0 Å². The number of aliphatic hydroxyl groups excluding tert-OH is 1. The number of carboxylic acids is 1. The van der Waals surface area contributed by atoms with E-state index in [2.05, 4.69) is 0 Å². The van der Waals surface area contributed by atoms with E-state index in [1.807, 2.05) is 30.3 Å². The smallest absolute Gasteiger partial charge is 0.326 e. The molecule has 0 radical (unpaired) electrons. The molecule has 1 heterocycles. The molecule has 0 aromatic heterocycles. The zero-order valence-corrected chi connectivity index (χ0v) is 11.6. The van der Waals surface area contributed by atoms with Crippen LogP contribution >= 0.6 is 0 Å². The Morgan fingerprint density at radius 2 is 1.85 bits per heavy atom. The second-order valence-electron chi connectivity index (χ2n) is 5.69. The number of carboxylic acid groups (broad SMARTS) is 1. The first-order valence-corrected chi connectivity index (χ1v) is 6.61. The Hall–Kier alpha value is -1.88. The number of carbonyl (C=O) groups excluding carboxylic acids is 1. The van der Waals surface area contributed by atoms with Crippen molar-refractivity contribution in [2.75, 3.05) is 6.54 Å². The standard InChI is InChI=1S/C15H19NO4/c1-15(2,10-6-4-3-5-7-10)14(20)16-9-11(17)8-12(16)13(18)19/h3-7,11-12,17H,8-9H2,1-2H3,(H,18,19)/t11?,12-/m0/s1. The van der Waals surface area contributed by atoms with E-state index in [1.54, 1.807) is 13.8 Å². The van der Waals surface area contributed by atoms with Gasteiger partial charge in [0.25, 0.3) is 0 Å². The first-order valence-electron chi connectivity index (χ1n) is 6.61. The Morgan fingerprint density at radius 3 is 2.40 bits per heavy atom. The van der Waals surface area contributed by atoms with E-state index < -0.39 is 23.5 Å². The van der Waals surface area contributed by atoms with Crippen LogP contribution in [0.1, 0.15) is 25.8 Å². The topological polar surface area (TPSA) is 77.8 Å². The third-order valence-corrected chi connectivity index (χ3v) is 3.86. The van der Waals surface area contributed by atoms with Gasteiger partial charge in [0.1, 0.15) is 6.04 Å².